The van der Waals surface area contributed by atoms with E-state index in [-0.39, 0.29) is 0 Å². The Bertz CT molecular complexity index is 283. The standard InChI is InChI=1S/C9H10ClN/c1-6-5-11-9-3-2-7(10)4-8(6)9/h2-4,6,11H,5H2,1H3/t6-/m0/s1. The van der Waals surface area contributed by atoms with Gasteiger partial charge in [-0.1, -0.05) is 18.5 Å². The van der Waals surface area contributed by atoms with E-state index >= 15 is 0 Å². The molecule has 1 atom stereocenters. The van der Waals surface area contributed by atoms with Crippen LogP contribution in [0.3, 0.4) is 0 Å². The summed E-state index contributed by atoms with van der Waals surface area (Å²) in [6.45, 7) is 3.24. The normalized spacial score (nSPS) is 21.1. The zero-order valence-electron chi connectivity index (χ0n) is 6.39. The topological polar surface area (TPSA) is 12.0 Å². The summed E-state index contributed by atoms with van der Waals surface area (Å²) < 4.78 is 0. The molecule has 1 aliphatic rings. The van der Waals surface area contributed by atoms with Gasteiger partial charge in [0.25, 0.3) is 0 Å². The highest BCUT2D eigenvalue weighted by molar-refractivity contribution is 6.30. The fourth-order valence-electron chi connectivity index (χ4n) is 1.48. The first-order valence-electron chi connectivity index (χ1n) is 3.80. The van der Waals surface area contributed by atoms with Crippen LogP contribution in [0.1, 0.15) is 18.4 Å². The Balaban J connectivity index is 2.52. The van der Waals surface area contributed by atoms with Crippen molar-refractivity contribution in [3.8, 4) is 0 Å². The molecule has 1 heterocycles. The molecule has 0 amide bonds. The van der Waals surface area contributed by atoms with Gasteiger partial charge in [0.05, 0.1) is 0 Å². The van der Waals surface area contributed by atoms with Gasteiger partial charge < -0.3 is 5.32 Å². The first-order valence-corrected chi connectivity index (χ1v) is 4.18. The molecule has 1 aromatic rings. The monoisotopic (exact) mass is 167 g/mol. The number of nitrogens with one attached hydrogen (secondary N) is 1. The number of benzene rings is 1. The second-order valence-corrected chi connectivity index (χ2v) is 3.45. The van der Waals surface area contributed by atoms with E-state index in [0.717, 1.165) is 11.6 Å². The van der Waals surface area contributed by atoms with Gasteiger partial charge in [-0.2, -0.15) is 0 Å². The maximum atomic E-state index is 5.86. The summed E-state index contributed by atoms with van der Waals surface area (Å²) >= 11 is 5.86. The van der Waals surface area contributed by atoms with Crippen LogP contribution in [0.4, 0.5) is 5.69 Å². The molecule has 2 heteroatoms. The smallest absolute Gasteiger partial charge is 0.0410 e. The van der Waals surface area contributed by atoms with Gasteiger partial charge in [-0.15, -0.1) is 0 Å². The minimum absolute atomic E-state index is 0.601. The van der Waals surface area contributed by atoms with Crippen molar-refractivity contribution in [3.05, 3.63) is 28.8 Å². The van der Waals surface area contributed by atoms with E-state index < -0.39 is 0 Å². The lowest BCUT2D eigenvalue weighted by Gasteiger charge is -2.01. The van der Waals surface area contributed by atoms with Crippen molar-refractivity contribution >= 4 is 17.3 Å². The molecule has 1 nitrogen and oxygen atoms in total. The molecule has 0 aliphatic carbocycles. The van der Waals surface area contributed by atoms with Gasteiger partial charge in [0.15, 0.2) is 0 Å². The molecule has 2 rings (SSSR count). The Labute approximate surface area is 71.4 Å². The number of fused-ring (bicyclic) bond motifs is 1. The van der Waals surface area contributed by atoms with Crippen LogP contribution in [0, 0.1) is 0 Å². The maximum absolute atomic E-state index is 5.86. The Morgan fingerprint density at radius 2 is 2.36 bits per heavy atom. The molecule has 11 heavy (non-hydrogen) atoms. The van der Waals surface area contributed by atoms with Crippen molar-refractivity contribution in [2.75, 3.05) is 11.9 Å². The van der Waals surface area contributed by atoms with Crippen LogP contribution in [-0.2, 0) is 0 Å². The molecule has 0 fully saturated rings. The number of rotatable bonds is 0. The van der Waals surface area contributed by atoms with Crippen LogP contribution in [0.2, 0.25) is 5.02 Å². The minimum atomic E-state index is 0.601. The van der Waals surface area contributed by atoms with Gasteiger partial charge in [0.2, 0.25) is 0 Å². The van der Waals surface area contributed by atoms with Crippen LogP contribution >= 0.6 is 11.6 Å². The minimum Gasteiger partial charge on any atom is -0.384 e. The van der Waals surface area contributed by atoms with E-state index in [2.05, 4.69) is 12.2 Å². The zero-order valence-corrected chi connectivity index (χ0v) is 7.15. The molecular weight excluding hydrogens is 158 g/mol. The van der Waals surface area contributed by atoms with Crippen LogP contribution in [0.25, 0.3) is 0 Å². The summed E-state index contributed by atoms with van der Waals surface area (Å²) in [5.74, 6) is 0.601. The number of hydrogen-bond acceptors (Lipinski definition) is 1. The second kappa shape index (κ2) is 2.42. The zero-order chi connectivity index (χ0) is 7.84. The maximum Gasteiger partial charge on any atom is 0.0410 e. The van der Waals surface area contributed by atoms with Gasteiger partial charge in [0, 0.05) is 23.2 Å². The van der Waals surface area contributed by atoms with E-state index in [9.17, 15) is 0 Å². The molecular formula is C9H10ClN. The summed E-state index contributed by atoms with van der Waals surface area (Å²) in [6.07, 6.45) is 0. The average Bonchev–Trinajstić information content (AvgIpc) is 2.33. The van der Waals surface area contributed by atoms with E-state index in [1.165, 1.54) is 11.3 Å². The van der Waals surface area contributed by atoms with E-state index in [1.807, 2.05) is 18.2 Å². The van der Waals surface area contributed by atoms with Crippen molar-refractivity contribution in [1.82, 2.24) is 0 Å². The SMILES string of the molecule is C[C@H]1CNc2ccc(Cl)cc21. The van der Waals surface area contributed by atoms with Crippen LogP contribution in [0.15, 0.2) is 18.2 Å². The molecule has 1 aromatic carbocycles. The van der Waals surface area contributed by atoms with Crippen molar-refractivity contribution in [3.63, 3.8) is 0 Å². The number of hydrogen-bond donors (Lipinski definition) is 1. The summed E-state index contributed by atoms with van der Waals surface area (Å²) in [5.41, 5.74) is 2.58. The van der Waals surface area contributed by atoms with Crippen LogP contribution < -0.4 is 5.32 Å². The Kier molecular flexibility index (Phi) is 1.53. The van der Waals surface area contributed by atoms with Crippen molar-refractivity contribution in [1.29, 1.82) is 0 Å². The lowest BCUT2D eigenvalue weighted by atomic mass is 10.0. The predicted octanol–water partition coefficient (Wildman–Crippen LogP) is 2.87. The highest BCUT2D eigenvalue weighted by Gasteiger charge is 2.17. The fourth-order valence-corrected chi connectivity index (χ4v) is 1.66. The summed E-state index contributed by atoms with van der Waals surface area (Å²) in [6, 6.07) is 6.01. The third-order valence-corrected chi connectivity index (χ3v) is 2.38. The Morgan fingerprint density at radius 1 is 1.55 bits per heavy atom. The largest absolute Gasteiger partial charge is 0.384 e. The molecule has 1 N–H and O–H groups in total. The summed E-state index contributed by atoms with van der Waals surface area (Å²) in [5, 5.41) is 4.15. The van der Waals surface area contributed by atoms with Crippen molar-refractivity contribution in [2.24, 2.45) is 0 Å². The quantitative estimate of drug-likeness (QED) is 0.627. The highest BCUT2D eigenvalue weighted by Crippen LogP contribution is 2.32. The van der Waals surface area contributed by atoms with Crippen LogP contribution in [0.5, 0.6) is 0 Å². The molecule has 0 saturated heterocycles. The average molecular weight is 168 g/mol. The van der Waals surface area contributed by atoms with Gasteiger partial charge in [-0.3, -0.25) is 0 Å². The van der Waals surface area contributed by atoms with Crippen LogP contribution in [-0.4, -0.2) is 6.54 Å². The van der Waals surface area contributed by atoms with E-state index in [4.69, 9.17) is 11.6 Å². The van der Waals surface area contributed by atoms with E-state index in [0.29, 0.717) is 5.92 Å². The predicted molar refractivity (Wildman–Crippen MR) is 48.4 cm³/mol. The first kappa shape index (κ1) is 6.99. The molecule has 58 valence electrons. The molecule has 0 aromatic heterocycles. The molecule has 0 saturated carbocycles. The van der Waals surface area contributed by atoms with Gasteiger partial charge in [-0.25, -0.2) is 0 Å². The third-order valence-electron chi connectivity index (χ3n) is 2.14. The molecule has 0 spiro atoms. The fraction of sp³-hybridized carbons (Fsp3) is 0.333. The van der Waals surface area contributed by atoms with Crippen molar-refractivity contribution in [2.45, 2.75) is 12.8 Å². The third kappa shape index (κ3) is 1.10. The molecule has 0 bridgehead atoms. The summed E-state index contributed by atoms with van der Waals surface area (Å²) in [7, 11) is 0. The second-order valence-electron chi connectivity index (χ2n) is 3.01. The van der Waals surface area contributed by atoms with Gasteiger partial charge >= 0.3 is 0 Å². The number of anilines is 1. The molecule has 0 unspecified atom stereocenters. The lowest BCUT2D eigenvalue weighted by molar-refractivity contribution is 0.854. The van der Waals surface area contributed by atoms with E-state index in [1.54, 1.807) is 0 Å². The highest BCUT2D eigenvalue weighted by atomic mass is 35.5. The van der Waals surface area contributed by atoms with Gasteiger partial charge in [0.1, 0.15) is 0 Å². The van der Waals surface area contributed by atoms with Crippen molar-refractivity contribution < 1.29 is 0 Å². The molecule has 0 radical (unpaired) electrons. The first-order chi connectivity index (χ1) is 5.27. The molecule has 1 aliphatic heterocycles. The van der Waals surface area contributed by atoms with Gasteiger partial charge in [-0.05, 0) is 23.8 Å². The Hall–Kier alpha value is -0.690. The number of halogens is 1. The lowest BCUT2D eigenvalue weighted by Crippen LogP contribution is -1.95. The summed E-state index contributed by atoms with van der Waals surface area (Å²) in [4.78, 5) is 0. The Morgan fingerprint density at radius 3 is 3.18 bits per heavy atom.